The van der Waals surface area contributed by atoms with Gasteiger partial charge in [0.25, 0.3) is 0 Å². The molecule has 1 aliphatic carbocycles. The van der Waals surface area contributed by atoms with E-state index in [0.29, 0.717) is 6.54 Å². The van der Waals surface area contributed by atoms with Crippen LogP contribution in [-0.4, -0.2) is 35.5 Å². The van der Waals surface area contributed by atoms with Crippen LogP contribution in [0.25, 0.3) is 0 Å². The normalized spacial score (nSPS) is 18.3. The average molecular weight is 284 g/mol. The zero-order chi connectivity index (χ0) is 15.1. The summed E-state index contributed by atoms with van der Waals surface area (Å²) in [6.45, 7) is 3.49. The van der Waals surface area contributed by atoms with Crippen LogP contribution in [-0.2, 0) is 14.4 Å². The van der Waals surface area contributed by atoms with E-state index in [1.807, 2.05) is 0 Å². The Balaban J connectivity index is 2.50. The van der Waals surface area contributed by atoms with Crippen molar-refractivity contribution in [1.82, 2.24) is 10.6 Å². The Labute approximate surface area is 119 Å². The van der Waals surface area contributed by atoms with E-state index in [2.05, 4.69) is 10.6 Å². The standard InChI is InChI=1S/C14H24N2O4/c1-9(7-12(18)19)8-15-14(20)13(16-10(2)17)11-5-3-4-6-11/h9,11,13H,3-8H2,1-2H3,(H,15,20)(H,16,17)(H,18,19). The minimum Gasteiger partial charge on any atom is -0.481 e. The molecular weight excluding hydrogens is 260 g/mol. The smallest absolute Gasteiger partial charge is 0.303 e. The molecule has 0 saturated heterocycles. The van der Waals surface area contributed by atoms with Crippen molar-refractivity contribution in [2.45, 2.75) is 52.0 Å². The van der Waals surface area contributed by atoms with Crippen LogP contribution in [0.2, 0.25) is 0 Å². The predicted molar refractivity (Wildman–Crippen MR) is 74.0 cm³/mol. The van der Waals surface area contributed by atoms with Crippen molar-refractivity contribution < 1.29 is 19.5 Å². The third-order valence-electron chi connectivity index (χ3n) is 3.66. The second-order valence-corrected chi connectivity index (χ2v) is 5.67. The predicted octanol–water partition coefficient (Wildman–Crippen LogP) is 0.908. The van der Waals surface area contributed by atoms with E-state index >= 15 is 0 Å². The number of hydrogen-bond donors (Lipinski definition) is 3. The van der Waals surface area contributed by atoms with Gasteiger partial charge in [-0.3, -0.25) is 14.4 Å². The van der Waals surface area contributed by atoms with Gasteiger partial charge in [0.1, 0.15) is 6.04 Å². The zero-order valence-corrected chi connectivity index (χ0v) is 12.1. The van der Waals surface area contributed by atoms with Crippen LogP contribution < -0.4 is 10.6 Å². The lowest BCUT2D eigenvalue weighted by Gasteiger charge is -2.24. The van der Waals surface area contributed by atoms with Gasteiger partial charge < -0.3 is 15.7 Å². The summed E-state index contributed by atoms with van der Waals surface area (Å²) in [6, 6.07) is -0.493. The molecular formula is C14H24N2O4. The molecule has 2 atom stereocenters. The monoisotopic (exact) mass is 284 g/mol. The molecule has 20 heavy (non-hydrogen) atoms. The highest BCUT2D eigenvalue weighted by molar-refractivity contribution is 5.87. The first-order valence-electron chi connectivity index (χ1n) is 7.16. The first-order valence-corrected chi connectivity index (χ1v) is 7.16. The summed E-state index contributed by atoms with van der Waals surface area (Å²) < 4.78 is 0. The van der Waals surface area contributed by atoms with E-state index in [1.165, 1.54) is 6.92 Å². The van der Waals surface area contributed by atoms with Gasteiger partial charge in [-0.25, -0.2) is 0 Å². The van der Waals surface area contributed by atoms with E-state index in [9.17, 15) is 14.4 Å². The first kappa shape index (κ1) is 16.5. The van der Waals surface area contributed by atoms with E-state index < -0.39 is 12.0 Å². The number of rotatable bonds is 7. The van der Waals surface area contributed by atoms with Gasteiger partial charge >= 0.3 is 5.97 Å². The molecule has 6 heteroatoms. The lowest BCUT2D eigenvalue weighted by atomic mass is 9.97. The Morgan fingerprint density at radius 2 is 1.85 bits per heavy atom. The van der Waals surface area contributed by atoms with E-state index in [4.69, 9.17) is 5.11 Å². The highest BCUT2D eigenvalue weighted by Gasteiger charge is 2.31. The molecule has 6 nitrogen and oxygen atoms in total. The summed E-state index contributed by atoms with van der Waals surface area (Å²) in [5.74, 6) is -1.23. The summed E-state index contributed by atoms with van der Waals surface area (Å²) in [4.78, 5) is 34.0. The number of carboxylic acid groups (broad SMARTS) is 1. The topological polar surface area (TPSA) is 95.5 Å². The molecule has 0 spiro atoms. The Morgan fingerprint density at radius 1 is 1.25 bits per heavy atom. The van der Waals surface area contributed by atoms with Gasteiger partial charge in [0.05, 0.1) is 0 Å². The van der Waals surface area contributed by atoms with Crippen LogP contribution in [0.3, 0.4) is 0 Å². The summed E-state index contributed by atoms with van der Waals surface area (Å²) in [6.07, 6.45) is 4.09. The number of amides is 2. The minimum absolute atomic E-state index is 0.0223. The maximum atomic E-state index is 12.2. The molecule has 1 rings (SSSR count). The summed E-state index contributed by atoms with van der Waals surface area (Å²) in [7, 11) is 0. The third kappa shape index (κ3) is 5.59. The number of hydrogen-bond acceptors (Lipinski definition) is 3. The average Bonchev–Trinajstić information content (AvgIpc) is 2.85. The number of carbonyl (C=O) groups is 3. The Hall–Kier alpha value is -1.59. The van der Waals surface area contributed by atoms with Crippen LogP contribution in [0, 0.1) is 11.8 Å². The number of aliphatic carboxylic acids is 1. The fourth-order valence-electron chi connectivity index (χ4n) is 2.66. The molecule has 0 aliphatic heterocycles. The van der Waals surface area contributed by atoms with Crippen molar-refractivity contribution in [3.05, 3.63) is 0 Å². The van der Waals surface area contributed by atoms with Gasteiger partial charge in [-0.1, -0.05) is 19.8 Å². The molecule has 0 bridgehead atoms. The quantitative estimate of drug-likeness (QED) is 0.647. The van der Waals surface area contributed by atoms with Crippen LogP contribution in [0.15, 0.2) is 0 Å². The molecule has 1 saturated carbocycles. The van der Waals surface area contributed by atoms with E-state index in [1.54, 1.807) is 6.92 Å². The fourth-order valence-corrected chi connectivity index (χ4v) is 2.66. The van der Waals surface area contributed by atoms with Crippen LogP contribution in [0.1, 0.15) is 46.0 Å². The maximum absolute atomic E-state index is 12.2. The lowest BCUT2D eigenvalue weighted by molar-refractivity contribution is -0.138. The summed E-state index contributed by atoms with van der Waals surface area (Å²) in [5.41, 5.74) is 0. The Morgan fingerprint density at radius 3 is 2.35 bits per heavy atom. The number of carbonyl (C=O) groups excluding carboxylic acids is 2. The van der Waals surface area contributed by atoms with Crippen LogP contribution in [0.5, 0.6) is 0 Å². The van der Waals surface area contributed by atoms with Gasteiger partial charge in [-0.05, 0) is 24.7 Å². The largest absolute Gasteiger partial charge is 0.481 e. The van der Waals surface area contributed by atoms with Gasteiger partial charge in [0, 0.05) is 19.9 Å². The molecule has 2 amide bonds. The first-order chi connectivity index (χ1) is 9.40. The molecule has 114 valence electrons. The zero-order valence-electron chi connectivity index (χ0n) is 12.1. The fraction of sp³-hybridized carbons (Fsp3) is 0.786. The lowest BCUT2D eigenvalue weighted by Crippen LogP contribution is -2.50. The molecule has 0 heterocycles. The third-order valence-corrected chi connectivity index (χ3v) is 3.66. The Kier molecular flexibility index (Phi) is 6.48. The Bertz CT molecular complexity index is 364. The molecule has 1 aliphatic rings. The van der Waals surface area contributed by atoms with Gasteiger partial charge in [-0.15, -0.1) is 0 Å². The van der Waals surface area contributed by atoms with Crippen molar-refractivity contribution in [2.24, 2.45) is 11.8 Å². The van der Waals surface area contributed by atoms with Crippen molar-refractivity contribution in [1.29, 1.82) is 0 Å². The van der Waals surface area contributed by atoms with Gasteiger partial charge in [-0.2, -0.15) is 0 Å². The molecule has 0 aromatic heterocycles. The van der Waals surface area contributed by atoms with Crippen molar-refractivity contribution in [3.63, 3.8) is 0 Å². The second-order valence-electron chi connectivity index (χ2n) is 5.67. The molecule has 1 fully saturated rings. The number of carboxylic acids is 1. The molecule has 0 radical (unpaired) electrons. The number of nitrogens with one attached hydrogen (secondary N) is 2. The van der Waals surface area contributed by atoms with Crippen molar-refractivity contribution in [2.75, 3.05) is 6.54 Å². The highest BCUT2D eigenvalue weighted by atomic mass is 16.4. The van der Waals surface area contributed by atoms with Gasteiger partial charge in [0.2, 0.25) is 11.8 Å². The van der Waals surface area contributed by atoms with E-state index in [0.717, 1.165) is 25.7 Å². The van der Waals surface area contributed by atoms with E-state index in [-0.39, 0.29) is 30.1 Å². The molecule has 3 N–H and O–H groups in total. The van der Waals surface area contributed by atoms with Crippen molar-refractivity contribution in [3.8, 4) is 0 Å². The van der Waals surface area contributed by atoms with Crippen LogP contribution >= 0.6 is 0 Å². The van der Waals surface area contributed by atoms with Crippen molar-refractivity contribution >= 4 is 17.8 Å². The minimum atomic E-state index is -0.874. The van der Waals surface area contributed by atoms with Crippen LogP contribution in [0.4, 0.5) is 0 Å². The highest BCUT2D eigenvalue weighted by Crippen LogP contribution is 2.27. The second kappa shape index (κ2) is 7.87. The summed E-state index contributed by atoms with van der Waals surface area (Å²) in [5, 5.41) is 14.2. The summed E-state index contributed by atoms with van der Waals surface area (Å²) >= 11 is 0. The maximum Gasteiger partial charge on any atom is 0.303 e. The SMILES string of the molecule is CC(=O)NC(C(=O)NCC(C)CC(=O)O)C1CCCC1. The van der Waals surface area contributed by atoms with Gasteiger partial charge in [0.15, 0.2) is 0 Å². The molecule has 0 aromatic carbocycles. The molecule has 0 aromatic rings. The molecule has 2 unspecified atom stereocenters.